The number of hydrogen-bond donors (Lipinski definition) is 2. The molecule has 0 aliphatic carbocycles. The predicted molar refractivity (Wildman–Crippen MR) is 91.5 cm³/mol. The number of hydrogen-bond acceptors (Lipinski definition) is 5. The summed E-state index contributed by atoms with van der Waals surface area (Å²) >= 11 is 0. The lowest BCUT2D eigenvalue weighted by Crippen LogP contribution is -2.27. The SMILES string of the molecule is COc1ccnc(CC(C)(O)c2nc3ccc(OC(F)F)cc3[nH]2)c1C. The van der Waals surface area contributed by atoms with Gasteiger partial charge in [-0.2, -0.15) is 8.78 Å². The Morgan fingerprint density at radius 3 is 2.77 bits per heavy atom. The molecule has 0 spiro atoms. The standard InChI is InChI=1S/C18H19F2N3O3/c1-10-14(21-7-6-15(10)25-3)9-18(2,24)16-22-12-5-4-11(26-17(19)20)8-13(12)23-16/h4-8,17,24H,9H2,1-3H3,(H,22,23). The van der Waals surface area contributed by atoms with Gasteiger partial charge in [-0.05, 0) is 32.0 Å². The van der Waals surface area contributed by atoms with Crippen LogP contribution in [-0.2, 0) is 12.0 Å². The van der Waals surface area contributed by atoms with E-state index in [4.69, 9.17) is 4.74 Å². The third-order valence-electron chi connectivity index (χ3n) is 4.18. The highest BCUT2D eigenvalue weighted by atomic mass is 19.3. The first-order valence-corrected chi connectivity index (χ1v) is 7.96. The van der Waals surface area contributed by atoms with Gasteiger partial charge in [0.1, 0.15) is 22.9 Å². The van der Waals surface area contributed by atoms with E-state index in [-0.39, 0.29) is 12.2 Å². The van der Waals surface area contributed by atoms with E-state index in [1.54, 1.807) is 32.4 Å². The van der Waals surface area contributed by atoms with Gasteiger partial charge in [0.05, 0.1) is 23.8 Å². The van der Waals surface area contributed by atoms with E-state index < -0.39 is 12.2 Å². The van der Waals surface area contributed by atoms with E-state index in [1.165, 1.54) is 12.1 Å². The van der Waals surface area contributed by atoms with Crippen LogP contribution >= 0.6 is 0 Å². The highest BCUT2D eigenvalue weighted by Gasteiger charge is 2.29. The number of pyridine rings is 1. The van der Waals surface area contributed by atoms with Gasteiger partial charge in [0, 0.05) is 24.2 Å². The number of fused-ring (bicyclic) bond motifs is 1. The van der Waals surface area contributed by atoms with Gasteiger partial charge >= 0.3 is 6.61 Å². The zero-order valence-electron chi connectivity index (χ0n) is 14.6. The Morgan fingerprint density at radius 1 is 1.31 bits per heavy atom. The van der Waals surface area contributed by atoms with Gasteiger partial charge in [-0.1, -0.05) is 0 Å². The minimum Gasteiger partial charge on any atom is -0.496 e. The molecule has 138 valence electrons. The van der Waals surface area contributed by atoms with Crippen molar-refractivity contribution in [3.8, 4) is 11.5 Å². The van der Waals surface area contributed by atoms with E-state index in [9.17, 15) is 13.9 Å². The van der Waals surface area contributed by atoms with E-state index >= 15 is 0 Å². The van der Waals surface area contributed by atoms with Crippen LogP contribution in [0.1, 0.15) is 24.0 Å². The second-order valence-electron chi connectivity index (χ2n) is 6.18. The molecule has 0 amide bonds. The van der Waals surface area contributed by atoms with Crippen molar-refractivity contribution < 1.29 is 23.4 Å². The lowest BCUT2D eigenvalue weighted by Gasteiger charge is -2.21. The van der Waals surface area contributed by atoms with Gasteiger partial charge in [0.15, 0.2) is 0 Å². The zero-order valence-corrected chi connectivity index (χ0v) is 14.6. The Balaban J connectivity index is 1.91. The van der Waals surface area contributed by atoms with Crippen molar-refractivity contribution in [2.75, 3.05) is 7.11 Å². The lowest BCUT2D eigenvalue weighted by atomic mass is 9.96. The van der Waals surface area contributed by atoms with Crippen molar-refractivity contribution in [3.63, 3.8) is 0 Å². The van der Waals surface area contributed by atoms with E-state index in [0.717, 1.165) is 5.56 Å². The first-order chi connectivity index (χ1) is 12.3. The highest BCUT2D eigenvalue weighted by Crippen LogP contribution is 2.29. The summed E-state index contributed by atoms with van der Waals surface area (Å²) in [5, 5.41) is 10.9. The Bertz CT molecular complexity index is 925. The number of H-pyrrole nitrogens is 1. The van der Waals surface area contributed by atoms with Crippen LogP contribution in [0.4, 0.5) is 8.78 Å². The van der Waals surface area contributed by atoms with Crippen molar-refractivity contribution in [3.05, 3.63) is 47.5 Å². The minimum absolute atomic E-state index is 0.0210. The number of alkyl halides is 2. The number of aromatic nitrogens is 3. The van der Waals surface area contributed by atoms with E-state index in [0.29, 0.717) is 28.3 Å². The largest absolute Gasteiger partial charge is 0.496 e. The number of benzene rings is 1. The Kier molecular flexibility index (Phi) is 4.78. The number of methoxy groups -OCH3 is 1. The maximum absolute atomic E-state index is 12.4. The molecule has 3 rings (SSSR count). The first-order valence-electron chi connectivity index (χ1n) is 7.96. The molecule has 1 unspecified atom stereocenters. The molecular weight excluding hydrogens is 344 g/mol. The molecular formula is C18H19F2N3O3. The quantitative estimate of drug-likeness (QED) is 0.702. The van der Waals surface area contributed by atoms with Gasteiger partial charge in [-0.3, -0.25) is 4.98 Å². The third-order valence-corrected chi connectivity index (χ3v) is 4.18. The maximum atomic E-state index is 12.4. The van der Waals surface area contributed by atoms with Gasteiger partial charge in [0.25, 0.3) is 0 Å². The molecule has 0 bridgehead atoms. The molecule has 0 radical (unpaired) electrons. The molecule has 26 heavy (non-hydrogen) atoms. The molecule has 1 aromatic carbocycles. The number of aromatic amines is 1. The molecule has 2 heterocycles. The molecule has 3 aromatic rings. The molecule has 0 fully saturated rings. The summed E-state index contributed by atoms with van der Waals surface area (Å²) in [4.78, 5) is 11.7. The van der Waals surface area contributed by atoms with Crippen LogP contribution in [0.15, 0.2) is 30.5 Å². The van der Waals surface area contributed by atoms with Crippen LogP contribution in [0.5, 0.6) is 11.5 Å². The molecule has 2 N–H and O–H groups in total. The average Bonchev–Trinajstić information content (AvgIpc) is 3.00. The third kappa shape index (κ3) is 3.60. The summed E-state index contributed by atoms with van der Waals surface area (Å²) in [6.45, 7) is 0.575. The fraction of sp³-hybridized carbons (Fsp3) is 0.333. The number of rotatable bonds is 6. The number of nitrogens with zero attached hydrogens (tertiary/aromatic N) is 2. The van der Waals surface area contributed by atoms with Crippen molar-refractivity contribution in [2.45, 2.75) is 32.5 Å². The second-order valence-corrected chi connectivity index (χ2v) is 6.18. The van der Waals surface area contributed by atoms with E-state index in [1.807, 2.05) is 6.92 Å². The normalized spacial score (nSPS) is 13.8. The topological polar surface area (TPSA) is 80.3 Å². The fourth-order valence-corrected chi connectivity index (χ4v) is 2.79. The van der Waals surface area contributed by atoms with Crippen LogP contribution in [0.25, 0.3) is 11.0 Å². The summed E-state index contributed by atoms with van der Waals surface area (Å²) in [6.07, 6.45) is 1.82. The number of ether oxygens (including phenoxy) is 2. The summed E-state index contributed by atoms with van der Waals surface area (Å²) in [5.41, 5.74) is 1.20. The summed E-state index contributed by atoms with van der Waals surface area (Å²) in [7, 11) is 1.57. The molecule has 0 saturated heterocycles. The smallest absolute Gasteiger partial charge is 0.387 e. The Morgan fingerprint density at radius 2 is 2.08 bits per heavy atom. The minimum atomic E-state index is -2.90. The molecule has 1 atom stereocenters. The van der Waals surface area contributed by atoms with Gasteiger partial charge < -0.3 is 19.6 Å². The van der Waals surface area contributed by atoms with Crippen LogP contribution in [-0.4, -0.2) is 33.8 Å². The van der Waals surface area contributed by atoms with Crippen LogP contribution in [0, 0.1) is 6.92 Å². The average molecular weight is 363 g/mol. The molecule has 6 nitrogen and oxygen atoms in total. The molecule has 0 aliphatic rings. The highest BCUT2D eigenvalue weighted by molar-refractivity contribution is 5.77. The van der Waals surface area contributed by atoms with E-state index in [2.05, 4.69) is 19.7 Å². The monoisotopic (exact) mass is 363 g/mol. The molecule has 0 aliphatic heterocycles. The van der Waals surface area contributed by atoms with Gasteiger partial charge in [0.2, 0.25) is 0 Å². The predicted octanol–water partition coefficient (Wildman–Crippen LogP) is 3.33. The molecule has 8 heteroatoms. The first kappa shape index (κ1) is 18.1. The van der Waals surface area contributed by atoms with Crippen molar-refractivity contribution in [2.24, 2.45) is 0 Å². The zero-order chi connectivity index (χ0) is 18.9. The fourth-order valence-electron chi connectivity index (χ4n) is 2.79. The second kappa shape index (κ2) is 6.87. The van der Waals surface area contributed by atoms with Crippen LogP contribution < -0.4 is 9.47 Å². The maximum Gasteiger partial charge on any atom is 0.387 e. The number of nitrogens with one attached hydrogen (secondary N) is 1. The number of halogens is 2. The summed E-state index contributed by atoms with van der Waals surface area (Å²) in [5.74, 6) is 1.02. The van der Waals surface area contributed by atoms with Crippen LogP contribution in [0.2, 0.25) is 0 Å². The van der Waals surface area contributed by atoms with Crippen molar-refractivity contribution in [1.82, 2.24) is 15.0 Å². The number of aliphatic hydroxyl groups is 1. The van der Waals surface area contributed by atoms with Crippen LogP contribution in [0.3, 0.4) is 0 Å². The Hall–Kier alpha value is -2.74. The van der Waals surface area contributed by atoms with Gasteiger partial charge in [-0.25, -0.2) is 4.98 Å². The number of imidazole rings is 1. The molecule has 0 saturated carbocycles. The lowest BCUT2D eigenvalue weighted by molar-refractivity contribution is -0.0497. The summed E-state index contributed by atoms with van der Waals surface area (Å²) < 4.78 is 34.4. The van der Waals surface area contributed by atoms with Crippen molar-refractivity contribution in [1.29, 1.82) is 0 Å². The summed E-state index contributed by atoms with van der Waals surface area (Å²) in [6, 6.07) is 6.13. The van der Waals surface area contributed by atoms with Gasteiger partial charge in [-0.15, -0.1) is 0 Å². The molecule has 2 aromatic heterocycles. The van der Waals surface area contributed by atoms with Crippen molar-refractivity contribution >= 4 is 11.0 Å². The Labute approximate surface area is 148 Å².